The number of esters is 1. The standard InChI is InChI=1S/C17H13Cl2F3N2O5/c1-16(2,14(19)27)29-13(26)9-6-8(4-5-10(9)18)24-12(25)7-11(17(20,21)22)23(3)15(24)28/h4-7H,1-3H3. The number of carbonyl (C=O) groups is 2. The lowest BCUT2D eigenvalue weighted by Crippen LogP contribution is -2.40. The lowest BCUT2D eigenvalue weighted by molar-refractivity contribution is -0.144. The number of aromatic nitrogens is 2. The highest BCUT2D eigenvalue weighted by Gasteiger charge is 2.35. The van der Waals surface area contributed by atoms with Gasteiger partial charge in [0.25, 0.3) is 10.8 Å². The maximum atomic E-state index is 13.0. The lowest BCUT2D eigenvalue weighted by Gasteiger charge is -2.21. The van der Waals surface area contributed by atoms with Crippen molar-refractivity contribution in [2.24, 2.45) is 7.05 Å². The van der Waals surface area contributed by atoms with Gasteiger partial charge in [0.05, 0.1) is 16.3 Å². The number of nitrogens with zero attached hydrogens (tertiary/aromatic N) is 2. The third kappa shape index (κ3) is 4.54. The highest BCUT2D eigenvalue weighted by molar-refractivity contribution is 6.65. The first-order valence-electron chi connectivity index (χ1n) is 7.80. The summed E-state index contributed by atoms with van der Waals surface area (Å²) in [6.45, 7) is 2.46. The van der Waals surface area contributed by atoms with Crippen LogP contribution in [-0.2, 0) is 22.8 Å². The molecule has 2 aromatic rings. The molecule has 0 radical (unpaired) electrons. The van der Waals surface area contributed by atoms with Crippen LogP contribution in [0.4, 0.5) is 13.2 Å². The fourth-order valence-electron chi connectivity index (χ4n) is 2.27. The molecule has 2 rings (SSSR count). The summed E-state index contributed by atoms with van der Waals surface area (Å²) in [4.78, 5) is 48.2. The Kier molecular flexibility index (Phi) is 6.01. The van der Waals surface area contributed by atoms with E-state index in [1.807, 2.05) is 0 Å². The van der Waals surface area contributed by atoms with Crippen molar-refractivity contribution >= 4 is 34.4 Å². The number of alkyl halides is 3. The molecule has 7 nitrogen and oxygen atoms in total. The number of rotatable bonds is 4. The van der Waals surface area contributed by atoms with Gasteiger partial charge in [-0.05, 0) is 43.6 Å². The average molecular weight is 453 g/mol. The van der Waals surface area contributed by atoms with Crippen molar-refractivity contribution in [1.82, 2.24) is 9.13 Å². The van der Waals surface area contributed by atoms with Crippen LogP contribution in [0.2, 0.25) is 5.02 Å². The number of benzene rings is 1. The van der Waals surface area contributed by atoms with Crippen LogP contribution >= 0.6 is 23.2 Å². The molecule has 0 bridgehead atoms. The normalized spacial score (nSPS) is 12.0. The molecule has 0 N–H and O–H groups in total. The van der Waals surface area contributed by atoms with Gasteiger partial charge in [-0.3, -0.25) is 14.2 Å². The van der Waals surface area contributed by atoms with Crippen molar-refractivity contribution in [3.63, 3.8) is 0 Å². The molecule has 0 atom stereocenters. The minimum absolute atomic E-state index is 0.145. The maximum Gasteiger partial charge on any atom is 0.431 e. The van der Waals surface area contributed by atoms with Crippen LogP contribution in [0.5, 0.6) is 0 Å². The summed E-state index contributed by atoms with van der Waals surface area (Å²) in [7, 11) is 0.848. The van der Waals surface area contributed by atoms with E-state index in [4.69, 9.17) is 27.9 Å². The Hall–Kier alpha value is -2.59. The van der Waals surface area contributed by atoms with E-state index in [0.717, 1.165) is 25.2 Å². The average Bonchev–Trinajstić information content (AvgIpc) is 2.58. The van der Waals surface area contributed by atoms with Crippen molar-refractivity contribution in [1.29, 1.82) is 0 Å². The minimum Gasteiger partial charge on any atom is -0.447 e. The van der Waals surface area contributed by atoms with Crippen molar-refractivity contribution < 1.29 is 27.5 Å². The zero-order valence-electron chi connectivity index (χ0n) is 15.1. The molecule has 1 aromatic heterocycles. The summed E-state index contributed by atoms with van der Waals surface area (Å²) in [6.07, 6.45) is -4.92. The third-order valence-electron chi connectivity index (χ3n) is 3.86. The van der Waals surface area contributed by atoms with Crippen LogP contribution < -0.4 is 11.2 Å². The van der Waals surface area contributed by atoms with Gasteiger partial charge in [-0.2, -0.15) is 13.2 Å². The summed E-state index contributed by atoms with van der Waals surface area (Å²) in [6, 6.07) is 3.54. The summed E-state index contributed by atoms with van der Waals surface area (Å²) in [5, 5.41) is -1.11. The molecule has 156 valence electrons. The Bertz CT molecular complexity index is 1120. The van der Waals surface area contributed by atoms with Crippen LogP contribution in [-0.4, -0.2) is 25.9 Å². The SMILES string of the molecule is Cn1c(C(F)(F)F)cc(=O)n(-c2ccc(Cl)c(C(=O)OC(C)(C)C(=O)Cl)c2)c1=O. The van der Waals surface area contributed by atoms with E-state index < -0.39 is 39.9 Å². The van der Waals surface area contributed by atoms with Gasteiger partial charge in [-0.25, -0.2) is 14.2 Å². The van der Waals surface area contributed by atoms with E-state index in [2.05, 4.69) is 0 Å². The molecule has 0 aliphatic carbocycles. The highest BCUT2D eigenvalue weighted by Crippen LogP contribution is 2.27. The number of halogens is 5. The molecule has 0 amide bonds. The smallest absolute Gasteiger partial charge is 0.431 e. The van der Waals surface area contributed by atoms with Crippen LogP contribution in [0.25, 0.3) is 5.69 Å². The Morgan fingerprint density at radius 3 is 2.21 bits per heavy atom. The van der Waals surface area contributed by atoms with Crippen molar-refractivity contribution in [2.45, 2.75) is 25.6 Å². The molecule has 0 saturated heterocycles. The Labute approximate surface area is 171 Å². The van der Waals surface area contributed by atoms with Gasteiger partial charge in [0.15, 0.2) is 5.60 Å². The Morgan fingerprint density at radius 2 is 1.69 bits per heavy atom. The quantitative estimate of drug-likeness (QED) is 0.525. The van der Waals surface area contributed by atoms with Gasteiger partial charge >= 0.3 is 17.8 Å². The summed E-state index contributed by atoms with van der Waals surface area (Å²) >= 11 is 11.3. The fraction of sp³-hybridized carbons (Fsp3) is 0.294. The van der Waals surface area contributed by atoms with Crippen LogP contribution in [0.1, 0.15) is 29.9 Å². The fourth-order valence-corrected chi connectivity index (χ4v) is 2.50. The van der Waals surface area contributed by atoms with Crippen LogP contribution in [0, 0.1) is 0 Å². The van der Waals surface area contributed by atoms with Gasteiger partial charge in [0, 0.05) is 13.1 Å². The van der Waals surface area contributed by atoms with E-state index in [1.54, 1.807) is 0 Å². The lowest BCUT2D eigenvalue weighted by atomic mass is 10.1. The molecule has 12 heteroatoms. The Morgan fingerprint density at radius 1 is 1.10 bits per heavy atom. The predicted octanol–water partition coefficient (Wildman–Crippen LogP) is 2.91. The van der Waals surface area contributed by atoms with E-state index in [9.17, 15) is 32.3 Å². The molecule has 1 aromatic carbocycles. The van der Waals surface area contributed by atoms with Gasteiger partial charge < -0.3 is 4.74 Å². The topological polar surface area (TPSA) is 87.4 Å². The number of carbonyl (C=O) groups excluding carboxylic acids is 2. The number of ether oxygens (including phenoxy) is 1. The second kappa shape index (κ2) is 7.68. The maximum absolute atomic E-state index is 13.0. The molecule has 1 heterocycles. The largest absolute Gasteiger partial charge is 0.447 e. The van der Waals surface area contributed by atoms with Gasteiger partial charge in [-0.1, -0.05) is 11.6 Å². The molecule has 0 saturated carbocycles. The van der Waals surface area contributed by atoms with E-state index in [0.29, 0.717) is 4.57 Å². The van der Waals surface area contributed by atoms with Crippen molar-refractivity contribution in [3.05, 3.63) is 61.4 Å². The van der Waals surface area contributed by atoms with Crippen LogP contribution in [0.15, 0.2) is 33.9 Å². The first kappa shape index (κ1) is 22.7. The van der Waals surface area contributed by atoms with E-state index >= 15 is 0 Å². The molecule has 0 spiro atoms. The monoisotopic (exact) mass is 452 g/mol. The van der Waals surface area contributed by atoms with E-state index in [1.165, 1.54) is 13.8 Å². The van der Waals surface area contributed by atoms with Gasteiger partial charge in [0.1, 0.15) is 5.69 Å². The summed E-state index contributed by atoms with van der Waals surface area (Å²) < 4.78 is 44.6. The predicted molar refractivity (Wildman–Crippen MR) is 97.6 cm³/mol. The molecule has 0 aliphatic rings. The number of hydrogen-bond donors (Lipinski definition) is 0. The molecule has 0 aliphatic heterocycles. The molecule has 29 heavy (non-hydrogen) atoms. The third-order valence-corrected chi connectivity index (χ3v) is 4.64. The number of hydrogen-bond acceptors (Lipinski definition) is 5. The molecular weight excluding hydrogens is 440 g/mol. The highest BCUT2D eigenvalue weighted by atomic mass is 35.5. The second-order valence-corrected chi connectivity index (χ2v) is 7.13. The molecule has 0 unspecified atom stereocenters. The van der Waals surface area contributed by atoms with Gasteiger partial charge in [0.2, 0.25) is 0 Å². The zero-order valence-corrected chi connectivity index (χ0v) is 16.6. The van der Waals surface area contributed by atoms with E-state index in [-0.39, 0.29) is 26.9 Å². The van der Waals surface area contributed by atoms with Crippen molar-refractivity contribution in [2.75, 3.05) is 0 Å². The Balaban J connectivity index is 2.63. The molecular formula is C17H13Cl2F3N2O5. The van der Waals surface area contributed by atoms with Crippen molar-refractivity contribution in [3.8, 4) is 5.69 Å². The summed E-state index contributed by atoms with van der Waals surface area (Å²) in [5.41, 5.74) is -6.24. The first-order valence-corrected chi connectivity index (χ1v) is 8.56. The minimum atomic E-state index is -4.92. The first-order chi connectivity index (χ1) is 13.2. The second-order valence-electron chi connectivity index (χ2n) is 6.38. The zero-order chi connectivity index (χ0) is 22.3. The molecule has 0 fully saturated rings. The summed E-state index contributed by atoms with van der Waals surface area (Å²) in [5.74, 6) is -1.09. The van der Waals surface area contributed by atoms with Gasteiger partial charge in [-0.15, -0.1) is 0 Å². The van der Waals surface area contributed by atoms with Crippen LogP contribution in [0.3, 0.4) is 0 Å².